The quantitative estimate of drug-likeness (QED) is 0.346. The number of hydrogen-bond donors (Lipinski definition) is 1. The van der Waals surface area contributed by atoms with Crippen LogP contribution in [0.5, 0.6) is 0 Å². The molecule has 37 heavy (non-hydrogen) atoms. The molecule has 5 rings (SSSR count). The average molecular weight is 500 g/mol. The molecule has 0 aliphatic rings. The van der Waals surface area contributed by atoms with Crippen molar-refractivity contribution < 1.29 is 18.0 Å². The summed E-state index contributed by atoms with van der Waals surface area (Å²) in [5.74, 6) is 6.07. The largest absolute Gasteiger partial charge is 0.416 e. The predicted octanol–water partition coefficient (Wildman–Crippen LogP) is 5.20. The second-order valence-electron chi connectivity index (χ2n) is 8.40. The molecule has 0 radical (unpaired) electrons. The summed E-state index contributed by atoms with van der Waals surface area (Å²) in [6, 6.07) is 8.31. The second-order valence-corrected chi connectivity index (χ2v) is 8.40. The molecule has 3 aromatic heterocycles. The van der Waals surface area contributed by atoms with E-state index in [0.29, 0.717) is 22.6 Å². The van der Waals surface area contributed by atoms with Crippen LogP contribution in [-0.2, 0) is 6.18 Å². The van der Waals surface area contributed by atoms with E-state index in [1.54, 1.807) is 60.5 Å². The zero-order valence-electron chi connectivity index (χ0n) is 19.7. The molecule has 0 fully saturated rings. The van der Waals surface area contributed by atoms with Gasteiger partial charge in [0, 0.05) is 53.5 Å². The van der Waals surface area contributed by atoms with Gasteiger partial charge in [0.2, 0.25) is 5.78 Å². The summed E-state index contributed by atoms with van der Waals surface area (Å²) in [6.07, 6.45) is 5.22. The van der Waals surface area contributed by atoms with Gasteiger partial charge in [-0.1, -0.05) is 17.9 Å². The SMILES string of the molecule is Cc1cn(-c2cc(NC(=O)c3ccc(C)c(C#Cc4cnc5nccn5c4)c3)cc(C(F)(F)F)c2)cn1. The van der Waals surface area contributed by atoms with Crippen molar-refractivity contribution in [3.63, 3.8) is 0 Å². The summed E-state index contributed by atoms with van der Waals surface area (Å²) >= 11 is 0. The summed E-state index contributed by atoms with van der Waals surface area (Å²) in [6.45, 7) is 3.59. The van der Waals surface area contributed by atoms with Crippen molar-refractivity contribution >= 4 is 17.4 Å². The Morgan fingerprint density at radius 3 is 2.59 bits per heavy atom. The van der Waals surface area contributed by atoms with Gasteiger partial charge in [-0.3, -0.25) is 9.20 Å². The van der Waals surface area contributed by atoms with Crippen LogP contribution < -0.4 is 5.32 Å². The second kappa shape index (κ2) is 9.28. The normalized spacial score (nSPS) is 11.3. The van der Waals surface area contributed by atoms with Gasteiger partial charge in [-0.15, -0.1) is 0 Å². The summed E-state index contributed by atoms with van der Waals surface area (Å²) in [5.41, 5.74) is 2.37. The highest BCUT2D eigenvalue weighted by Gasteiger charge is 2.31. The first-order valence-electron chi connectivity index (χ1n) is 11.1. The number of nitrogens with one attached hydrogen (secondary N) is 1. The number of rotatable bonds is 3. The van der Waals surface area contributed by atoms with Crippen LogP contribution in [0.2, 0.25) is 0 Å². The number of hydrogen-bond acceptors (Lipinski definition) is 4. The number of nitrogens with zero attached hydrogens (tertiary/aromatic N) is 5. The molecule has 0 atom stereocenters. The molecule has 3 heterocycles. The zero-order valence-corrected chi connectivity index (χ0v) is 19.7. The Kier molecular flexibility index (Phi) is 5.97. The highest BCUT2D eigenvalue weighted by molar-refractivity contribution is 6.04. The predicted molar refractivity (Wildman–Crippen MR) is 131 cm³/mol. The van der Waals surface area contributed by atoms with Crippen molar-refractivity contribution in [2.24, 2.45) is 0 Å². The van der Waals surface area contributed by atoms with Crippen LogP contribution in [0.1, 0.15) is 38.3 Å². The fourth-order valence-corrected chi connectivity index (χ4v) is 3.68. The number of carbonyl (C=O) groups excluding carboxylic acids is 1. The molecule has 1 N–H and O–H groups in total. The van der Waals surface area contributed by atoms with E-state index in [1.165, 1.54) is 17.0 Å². The third-order valence-corrected chi connectivity index (χ3v) is 5.60. The lowest BCUT2D eigenvalue weighted by molar-refractivity contribution is -0.137. The summed E-state index contributed by atoms with van der Waals surface area (Å²) in [5, 5.41) is 2.58. The summed E-state index contributed by atoms with van der Waals surface area (Å²) in [4.78, 5) is 25.4. The van der Waals surface area contributed by atoms with Crippen molar-refractivity contribution in [2.45, 2.75) is 20.0 Å². The standard InChI is InChI=1S/C27H19F3N6O/c1-17-3-5-21(9-20(17)6-4-19-13-32-26-31-7-8-35(26)15-19)25(37)34-23-10-22(27(28,29)30)11-24(12-23)36-14-18(2)33-16-36/h3,5,7-16H,1-2H3,(H,34,37). The number of anilines is 1. The average Bonchev–Trinajstić information content (AvgIpc) is 3.51. The smallest absolute Gasteiger partial charge is 0.322 e. The molecule has 184 valence electrons. The van der Waals surface area contributed by atoms with Crippen LogP contribution >= 0.6 is 0 Å². The fraction of sp³-hybridized carbons (Fsp3) is 0.111. The maximum absolute atomic E-state index is 13.6. The Morgan fingerprint density at radius 1 is 1.00 bits per heavy atom. The van der Waals surface area contributed by atoms with Gasteiger partial charge in [0.1, 0.15) is 0 Å². The van der Waals surface area contributed by atoms with E-state index in [1.807, 2.05) is 6.92 Å². The molecule has 1 amide bonds. The van der Waals surface area contributed by atoms with Gasteiger partial charge in [0.25, 0.3) is 5.91 Å². The number of imidazole rings is 2. The van der Waals surface area contributed by atoms with Crippen molar-refractivity contribution in [2.75, 3.05) is 5.32 Å². The van der Waals surface area contributed by atoms with E-state index in [2.05, 4.69) is 32.1 Å². The van der Waals surface area contributed by atoms with E-state index >= 15 is 0 Å². The number of aromatic nitrogens is 5. The van der Waals surface area contributed by atoms with Gasteiger partial charge in [0.05, 0.1) is 23.1 Å². The number of amides is 1. The molecule has 7 nitrogen and oxygen atoms in total. The van der Waals surface area contributed by atoms with E-state index in [4.69, 9.17) is 0 Å². The molecule has 2 aromatic carbocycles. The van der Waals surface area contributed by atoms with Gasteiger partial charge in [0.15, 0.2) is 0 Å². The molecular weight excluding hydrogens is 481 g/mol. The highest BCUT2D eigenvalue weighted by Crippen LogP contribution is 2.33. The van der Waals surface area contributed by atoms with Crippen LogP contribution in [0.3, 0.4) is 0 Å². The third kappa shape index (κ3) is 5.21. The summed E-state index contributed by atoms with van der Waals surface area (Å²) < 4.78 is 43.9. The Bertz CT molecular complexity index is 1700. The minimum atomic E-state index is -4.59. The molecule has 0 bridgehead atoms. The van der Waals surface area contributed by atoms with Crippen molar-refractivity contribution in [1.29, 1.82) is 0 Å². The molecule has 0 spiro atoms. The molecule has 0 unspecified atom stereocenters. The number of aryl methyl sites for hydroxylation is 2. The van der Waals surface area contributed by atoms with Crippen molar-refractivity contribution in [3.8, 4) is 17.5 Å². The van der Waals surface area contributed by atoms with E-state index in [0.717, 1.165) is 17.7 Å². The van der Waals surface area contributed by atoms with E-state index in [-0.39, 0.29) is 16.9 Å². The molecule has 0 aliphatic carbocycles. The minimum Gasteiger partial charge on any atom is -0.322 e. The molecule has 0 saturated heterocycles. The Morgan fingerprint density at radius 2 is 1.84 bits per heavy atom. The van der Waals surface area contributed by atoms with Crippen LogP contribution in [0.15, 0.2) is 73.7 Å². The van der Waals surface area contributed by atoms with E-state index in [9.17, 15) is 18.0 Å². The molecule has 5 aromatic rings. The Balaban J connectivity index is 1.43. The zero-order chi connectivity index (χ0) is 26.2. The Labute approximate surface area is 209 Å². The van der Waals surface area contributed by atoms with E-state index < -0.39 is 17.6 Å². The lowest BCUT2D eigenvalue weighted by Gasteiger charge is -2.14. The van der Waals surface area contributed by atoms with Gasteiger partial charge < -0.3 is 9.88 Å². The topological polar surface area (TPSA) is 77.1 Å². The minimum absolute atomic E-state index is 0.00842. The number of benzene rings is 2. The van der Waals surface area contributed by atoms with Crippen LogP contribution in [0, 0.1) is 25.7 Å². The Hall–Kier alpha value is -4.91. The molecule has 0 aliphatic heterocycles. The first-order chi connectivity index (χ1) is 17.7. The third-order valence-electron chi connectivity index (χ3n) is 5.60. The summed E-state index contributed by atoms with van der Waals surface area (Å²) in [7, 11) is 0. The van der Waals surface area contributed by atoms with Crippen molar-refractivity contribution in [1.82, 2.24) is 23.9 Å². The molecular formula is C27H19F3N6O. The van der Waals surface area contributed by atoms with Crippen LogP contribution in [-0.4, -0.2) is 29.8 Å². The van der Waals surface area contributed by atoms with Crippen LogP contribution in [0.25, 0.3) is 11.5 Å². The van der Waals surface area contributed by atoms with Gasteiger partial charge >= 0.3 is 6.18 Å². The fourth-order valence-electron chi connectivity index (χ4n) is 3.68. The lowest BCUT2D eigenvalue weighted by atomic mass is 10.0. The monoisotopic (exact) mass is 500 g/mol. The van der Waals surface area contributed by atoms with Gasteiger partial charge in [-0.25, -0.2) is 15.0 Å². The lowest BCUT2D eigenvalue weighted by Crippen LogP contribution is -2.14. The maximum Gasteiger partial charge on any atom is 0.416 e. The number of fused-ring (bicyclic) bond motifs is 1. The van der Waals surface area contributed by atoms with Crippen molar-refractivity contribution in [3.05, 3.63) is 107 Å². The first-order valence-corrected chi connectivity index (χ1v) is 11.1. The van der Waals surface area contributed by atoms with Crippen LogP contribution in [0.4, 0.5) is 18.9 Å². The maximum atomic E-state index is 13.6. The van der Waals surface area contributed by atoms with Gasteiger partial charge in [-0.05, 0) is 49.7 Å². The number of alkyl halides is 3. The van der Waals surface area contributed by atoms with Gasteiger partial charge in [-0.2, -0.15) is 13.2 Å². The molecule has 10 heteroatoms. The molecule has 0 saturated carbocycles. The highest BCUT2D eigenvalue weighted by atomic mass is 19.4. The number of carbonyl (C=O) groups is 1. The number of halogens is 3. The first kappa shape index (κ1) is 23.8.